The zero-order valence-electron chi connectivity index (χ0n) is 11.2. The highest BCUT2D eigenvalue weighted by atomic mass is 35.5. The van der Waals surface area contributed by atoms with Gasteiger partial charge in [-0.1, -0.05) is 23.2 Å². The number of nitrogens with two attached hydrogens (primary N) is 1. The van der Waals surface area contributed by atoms with E-state index in [4.69, 9.17) is 38.4 Å². The van der Waals surface area contributed by atoms with Crippen LogP contribution < -0.4 is 20.5 Å². The first kappa shape index (κ1) is 14.2. The van der Waals surface area contributed by atoms with Crippen LogP contribution in [-0.2, 0) is 0 Å². The largest absolute Gasteiger partial charge is 0.490 e. The number of anilines is 3. The number of fused-ring (bicyclic) bond motifs is 1. The second-order valence-electron chi connectivity index (χ2n) is 4.70. The number of ether oxygens (including phenoxy) is 2. The van der Waals surface area contributed by atoms with Gasteiger partial charge in [-0.15, -0.1) is 0 Å². The number of nitrogens with one attached hydrogen (secondary N) is 1. The summed E-state index contributed by atoms with van der Waals surface area (Å²) < 4.78 is 11.3. The van der Waals surface area contributed by atoms with Crippen molar-refractivity contribution in [1.29, 1.82) is 0 Å². The minimum atomic E-state index is 0.465. The fourth-order valence-electron chi connectivity index (χ4n) is 2.10. The first-order chi connectivity index (χ1) is 10.1. The molecule has 1 aliphatic rings. The van der Waals surface area contributed by atoms with Gasteiger partial charge in [-0.25, -0.2) is 0 Å². The van der Waals surface area contributed by atoms with Crippen LogP contribution in [0.15, 0.2) is 30.3 Å². The molecule has 4 nitrogen and oxygen atoms in total. The maximum Gasteiger partial charge on any atom is 0.163 e. The van der Waals surface area contributed by atoms with Crippen molar-refractivity contribution < 1.29 is 9.47 Å². The summed E-state index contributed by atoms with van der Waals surface area (Å²) >= 11 is 12.3. The third kappa shape index (κ3) is 3.12. The number of halogens is 2. The normalized spacial score (nSPS) is 13.6. The molecule has 0 saturated heterocycles. The average molecular weight is 325 g/mol. The second-order valence-corrected chi connectivity index (χ2v) is 5.51. The lowest BCUT2D eigenvalue weighted by Crippen LogP contribution is -1.97. The molecule has 0 aliphatic carbocycles. The molecule has 0 atom stereocenters. The van der Waals surface area contributed by atoms with E-state index in [1.807, 2.05) is 18.2 Å². The summed E-state index contributed by atoms with van der Waals surface area (Å²) in [7, 11) is 0. The van der Waals surface area contributed by atoms with Gasteiger partial charge in [0.15, 0.2) is 11.5 Å². The van der Waals surface area contributed by atoms with Gasteiger partial charge in [0, 0.05) is 23.9 Å². The van der Waals surface area contributed by atoms with E-state index in [-0.39, 0.29) is 0 Å². The van der Waals surface area contributed by atoms with Crippen LogP contribution in [-0.4, -0.2) is 13.2 Å². The van der Waals surface area contributed by atoms with Crippen molar-refractivity contribution in [3.63, 3.8) is 0 Å². The minimum absolute atomic E-state index is 0.465. The van der Waals surface area contributed by atoms with Crippen molar-refractivity contribution in [3.05, 3.63) is 40.4 Å². The summed E-state index contributed by atoms with van der Waals surface area (Å²) in [5, 5.41) is 4.11. The van der Waals surface area contributed by atoms with E-state index in [1.54, 1.807) is 12.1 Å². The molecule has 3 N–H and O–H groups in total. The Labute approximate surface area is 132 Å². The zero-order valence-corrected chi connectivity index (χ0v) is 12.7. The fourth-order valence-corrected chi connectivity index (χ4v) is 2.70. The number of benzene rings is 2. The van der Waals surface area contributed by atoms with Gasteiger partial charge in [-0.05, 0) is 24.3 Å². The first-order valence-electron chi connectivity index (χ1n) is 6.54. The molecular weight excluding hydrogens is 311 g/mol. The van der Waals surface area contributed by atoms with Crippen LogP contribution in [0.4, 0.5) is 17.1 Å². The monoisotopic (exact) mass is 324 g/mol. The van der Waals surface area contributed by atoms with E-state index < -0.39 is 0 Å². The molecule has 0 radical (unpaired) electrons. The van der Waals surface area contributed by atoms with E-state index in [2.05, 4.69) is 5.32 Å². The summed E-state index contributed by atoms with van der Waals surface area (Å²) in [5.41, 5.74) is 7.65. The Kier molecular flexibility index (Phi) is 3.99. The molecule has 2 aromatic carbocycles. The molecule has 2 aromatic rings. The summed E-state index contributed by atoms with van der Waals surface area (Å²) in [6.07, 6.45) is 0.868. The number of hydrogen-bond donors (Lipinski definition) is 2. The Morgan fingerprint density at radius 3 is 2.33 bits per heavy atom. The molecule has 0 spiro atoms. The standard InChI is InChI=1S/C15H14Cl2N2O2/c16-11-6-9(18)7-12(17)15(11)19-10-2-3-13-14(8-10)21-5-1-4-20-13/h2-3,6-8,19H,1,4-5,18H2. The lowest BCUT2D eigenvalue weighted by molar-refractivity contribution is 0.297. The van der Waals surface area contributed by atoms with Gasteiger partial charge >= 0.3 is 0 Å². The Morgan fingerprint density at radius 2 is 1.62 bits per heavy atom. The van der Waals surface area contributed by atoms with Crippen LogP contribution in [0.2, 0.25) is 10.0 Å². The molecular formula is C15H14Cl2N2O2. The van der Waals surface area contributed by atoms with Gasteiger partial charge in [0.1, 0.15) is 0 Å². The summed E-state index contributed by atoms with van der Waals surface area (Å²) in [4.78, 5) is 0. The minimum Gasteiger partial charge on any atom is -0.490 e. The quantitative estimate of drug-likeness (QED) is 0.799. The fraction of sp³-hybridized carbons (Fsp3) is 0.200. The molecule has 0 fully saturated rings. The van der Waals surface area contributed by atoms with Crippen molar-refractivity contribution in [2.75, 3.05) is 24.3 Å². The highest BCUT2D eigenvalue weighted by molar-refractivity contribution is 6.39. The van der Waals surface area contributed by atoms with Gasteiger partial charge < -0.3 is 20.5 Å². The van der Waals surface area contributed by atoms with Crippen molar-refractivity contribution in [2.45, 2.75) is 6.42 Å². The first-order valence-corrected chi connectivity index (χ1v) is 7.30. The summed E-state index contributed by atoms with van der Waals surface area (Å²) in [5.74, 6) is 1.45. The van der Waals surface area contributed by atoms with Gasteiger partial charge in [-0.2, -0.15) is 0 Å². The molecule has 6 heteroatoms. The van der Waals surface area contributed by atoms with E-state index in [0.29, 0.717) is 40.4 Å². The predicted molar refractivity (Wildman–Crippen MR) is 86.2 cm³/mol. The van der Waals surface area contributed by atoms with Gasteiger partial charge in [0.05, 0.1) is 28.9 Å². The van der Waals surface area contributed by atoms with Crippen LogP contribution in [0.1, 0.15) is 6.42 Å². The molecule has 0 amide bonds. The SMILES string of the molecule is Nc1cc(Cl)c(Nc2ccc3c(c2)OCCCO3)c(Cl)c1. The highest BCUT2D eigenvalue weighted by Crippen LogP contribution is 2.38. The Hall–Kier alpha value is -1.78. The molecule has 0 saturated carbocycles. The maximum atomic E-state index is 6.17. The van der Waals surface area contributed by atoms with Crippen molar-refractivity contribution in [2.24, 2.45) is 0 Å². The van der Waals surface area contributed by atoms with Crippen LogP contribution >= 0.6 is 23.2 Å². The van der Waals surface area contributed by atoms with E-state index in [9.17, 15) is 0 Å². The van der Waals surface area contributed by atoms with E-state index in [1.165, 1.54) is 0 Å². The summed E-state index contributed by atoms with van der Waals surface area (Å²) in [6, 6.07) is 8.92. The van der Waals surface area contributed by atoms with Gasteiger partial charge in [0.25, 0.3) is 0 Å². The van der Waals surface area contributed by atoms with Crippen LogP contribution in [0.25, 0.3) is 0 Å². The average Bonchev–Trinajstić information content (AvgIpc) is 2.67. The third-order valence-electron chi connectivity index (χ3n) is 3.08. The second kappa shape index (κ2) is 5.92. The lowest BCUT2D eigenvalue weighted by Gasteiger charge is -2.13. The van der Waals surface area contributed by atoms with Crippen LogP contribution in [0, 0.1) is 0 Å². The maximum absolute atomic E-state index is 6.17. The van der Waals surface area contributed by atoms with Crippen molar-refractivity contribution in [1.82, 2.24) is 0 Å². The van der Waals surface area contributed by atoms with Gasteiger partial charge in [0.2, 0.25) is 0 Å². The topological polar surface area (TPSA) is 56.5 Å². The Balaban J connectivity index is 1.90. The smallest absolute Gasteiger partial charge is 0.163 e. The number of nitrogen functional groups attached to an aromatic ring is 1. The highest BCUT2D eigenvalue weighted by Gasteiger charge is 2.12. The van der Waals surface area contributed by atoms with Crippen molar-refractivity contribution >= 4 is 40.3 Å². The summed E-state index contributed by atoms with van der Waals surface area (Å²) in [6.45, 7) is 1.30. The van der Waals surface area contributed by atoms with E-state index >= 15 is 0 Å². The van der Waals surface area contributed by atoms with Crippen molar-refractivity contribution in [3.8, 4) is 11.5 Å². The molecule has 0 bridgehead atoms. The van der Waals surface area contributed by atoms with Crippen LogP contribution in [0.3, 0.4) is 0 Å². The molecule has 1 aliphatic heterocycles. The molecule has 0 aromatic heterocycles. The molecule has 3 rings (SSSR count). The molecule has 21 heavy (non-hydrogen) atoms. The zero-order chi connectivity index (χ0) is 14.8. The number of hydrogen-bond acceptors (Lipinski definition) is 4. The number of rotatable bonds is 2. The molecule has 1 heterocycles. The molecule has 110 valence electrons. The Morgan fingerprint density at radius 1 is 0.952 bits per heavy atom. The van der Waals surface area contributed by atoms with Crippen LogP contribution in [0.5, 0.6) is 11.5 Å². The lowest BCUT2D eigenvalue weighted by atomic mass is 10.2. The predicted octanol–water partition coefficient (Wildman–Crippen LogP) is 4.48. The molecule has 0 unspecified atom stereocenters. The van der Waals surface area contributed by atoms with E-state index in [0.717, 1.165) is 17.9 Å². The Bertz CT molecular complexity index is 654. The third-order valence-corrected chi connectivity index (χ3v) is 3.68. The van der Waals surface area contributed by atoms with Gasteiger partial charge in [-0.3, -0.25) is 0 Å².